The summed E-state index contributed by atoms with van der Waals surface area (Å²) in [6.07, 6.45) is 15.4. The maximum atomic E-state index is 11.8. The molecule has 0 saturated heterocycles. The van der Waals surface area contributed by atoms with Crippen LogP contribution in [-0.2, 0) is 4.79 Å². The molecule has 1 aromatic carbocycles. The van der Waals surface area contributed by atoms with Crippen LogP contribution in [0.2, 0.25) is 5.02 Å². The monoisotopic (exact) mass is 409 g/mol. The molecule has 0 aliphatic carbocycles. The minimum Gasteiger partial charge on any atom is -0.273 e. The van der Waals surface area contributed by atoms with E-state index in [1.165, 1.54) is 76.1 Å². The zero-order chi connectivity index (χ0) is 20.6. The number of halogens is 1. The van der Waals surface area contributed by atoms with Crippen molar-refractivity contribution in [3.63, 3.8) is 0 Å². The maximum Gasteiger partial charge on any atom is 0.288 e. The minimum absolute atomic E-state index is 0.0719. The van der Waals surface area contributed by atoms with Crippen LogP contribution in [0.5, 0.6) is 0 Å². The van der Waals surface area contributed by atoms with Crippen LogP contribution < -0.4 is 5.43 Å². The number of nitrogens with zero attached hydrogens (tertiary/aromatic N) is 2. The minimum atomic E-state index is -0.551. The number of nitro groups is 1. The molecule has 6 nitrogen and oxygen atoms in total. The normalized spacial score (nSPS) is 11.1. The molecule has 0 aliphatic rings. The van der Waals surface area contributed by atoms with Crippen molar-refractivity contribution in [1.29, 1.82) is 0 Å². The van der Waals surface area contributed by atoms with Crippen LogP contribution in [0.4, 0.5) is 5.69 Å². The Bertz CT molecular complexity index is 635. The molecule has 0 fully saturated rings. The second-order valence-corrected chi connectivity index (χ2v) is 7.45. The van der Waals surface area contributed by atoms with Crippen molar-refractivity contribution in [1.82, 2.24) is 5.43 Å². The van der Waals surface area contributed by atoms with Crippen molar-refractivity contribution in [2.24, 2.45) is 5.10 Å². The number of hydrogen-bond donors (Lipinski definition) is 1. The fourth-order valence-electron chi connectivity index (χ4n) is 2.93. The first kappa shape index (κ1) is 24.1. The van der Waals surface area contributed by atoms with E-state index in [2.05, 4.69) is 17.5 Å². The number of benzene rings is 1. The largest absolute Gasteiger partial charge is 0.288 e. The van der Waals surface area contributed by atoms with Crippen LogP contribution in [0.25, 0.3) is 0 Å². The third-order valence-corrected chi connectivity index (χ3v) is 4.90. The van der Waals surface area contributed by atoms with Gasteiger partial charge in [-0.1, -0.05) is 88.8 Å². The lowest BCUT2D eigenvalue weighted by Crippen LogP contribution is -2.16. The Morgan fingerprint density at radius 2 is 1.64 bits per heavy atom. The molecular weight excluding hydrogens is 378 g/mol. The van der Waals surface area contributed by atoms with E-state index in [1.807, 2.05) is 0 Å². The smallest absolute Gasteiger partial charge is 0.273 e. The highest BCUT2D eigenvalue weighted by molar-refractivity contribution is 6.32. The predicted octanol–water partition coefficient (Wildman–Crippen LogP) is 6.40. The van der Waals surface area contributed by atoms with Crippen LogP contribution >= 0.6 is 11.6 Å². The van der Waals surface area contributed by atoms with Crippen molar-refractivity contribution in [3.05, 3.63) is 38.9 Å². The number of hydrogen-bond acceptors (Lipinski definition) is 4. The van der Waals surface area contributed by atoms with Gasteiger partial charge in [0, 0.05) is 18.1 Å². The number of nitrogens with one attached hydrogen (secondary N) is 1. The lowest BCUT2D eigenvalue weighted by molar-refractivity contribution is -0.384. The Hall–Kier alpha value is -1.95. The summed E-state index contributed by atoms with van der Waals surface area (Å²) >= 11 is 5.76. The van der Waals surface area contributed by atoms with Crippen LogP contribution in [-0.4, -0.2) is 17.0 Å². The third kappa shape index (κ3) is 11.0. The van der Waals surface area contributed by atoms with Crippen molar-refractivity contribution in [3.8, 4) is 0 Å². The molecule has 0 heterocycles. The van der Waals surface area contributed by atoms with E-state index < -0.39 is 4.92 Å². The molecule has 1 amide bonds. The van der Waals surface area contributed by atoms with Crippen molar-refractivity contribution in [2.45, 2.75) is 84.0 Å². The maximum absolute atomic E-state index is 11.8. The molecule has 1 N–H and O–H groups in total. The van der Waals surface area contributed by atoms with Crippen molar-refractivity contribution < 1.29 is 9.72 Å². The number of amides is 1. The van der Waals surface area contributed by atoms with Crippen LogP contribution in [0.15, 0.2) is 23.3 Å². The van der Waals surface area contributed by atoms with E-state index in [4.69, 9.17) is 11.6 Å². The fourth-order valence-corrected chi connectivity index (χ4v) is 3.12. The van der Waals surface area contributed by atoms with Gasteiger partial charge in [0.1, 0.15) is 5.02 Å². The number of rotatable bonds is 15. The molecule has 0 aliphatic heterocycles. The molecule has 28 heavy (non-hydrogen) atoms. The van der Waals surface area contributed by atoms with Gasteiger partial charge < -0.3 is 0 Å². The van der Waals surface area contributed by atoms with E-state index >= 15 is 0 Å². The molecular formula is C21H32ClN3O3. The summed E-state index contributed by atoms with van der Waals surface area (Å²) in [5.41, 5.74) is 2.78. The molecule has 7 heteroatoms. The van der Waals surface area contributed by atoms with E-state index in [9.17, 15) is 14.9 Å². The zero-order valence-corrected chi connectivity index (χ0v) is 17.5. The zero-order valence-electron chi connectivity index (χ0n) is 16.8. The first-order chi connectivity index (χ1) is 13.5. The number of nitro benzene ring substituents is 1. The second kappa shape index (κ2) is 15.0. The molecule has 0 atom stereocenters. The highest BCUT2D eigenvalue weighted by Gasteiger charge is 2.11. The van der Waals surface area contributed by atoms with Crippen LogP contribution in [0.3, 0.4) is 0 Å². The van der Waals surface area contributed by atoms with E-state index in [0.717, 1.165) is 12.8 Å². The van der Waals surface area contributed by atoms with E-state index in [0.29, 0.717) is 12.0 Å². The summed E-state index contributed by atoms with van der Waals surface area (Å²) in [5, 5.41) is 14.8. The first-order valence-corrected chi connectivity index (χ1v) is 10.7. The quantitative estimate of drug-likeness (QED) is 0.157. The second-order valence-electron chi connectivity index (χ2n) is 7.05. The van der Waals surface area contributed by atoms with Crippen LogP contribution in [0, 0.1) is 10.1 Å². The van der Waals surface area contributed by atoms with E-state index in [1.54, 1.807) is 6.07 Å². The summed E-state index contributed by atoms with van der Waals surface area (Å²) in [6, 6.07) is 4.37. The summed E-state index contributed by atoms with van der Waals surface area (Å²) in [4.78, 5) is 22.1. The van der Waals surface area contributed by atoms with Gasteiger partial charge in [0.15, 0.2) is 0 Å². The van der Waals surface area contributed by atoms with Crippen molar-refractivity contribution in [2.75, 3.05) is 0 Å². The molecule has 0 unspecified atom stereocenters. The number of unbranched alkanes of at least 4 members (excludes halogenated alkanes) is 10. The first-order valence-electron chi connectivity index (χ1n) is 10.3. The molecule has 0 aromatic heterocycles. The molecule has 0 radical (unpaired) electrons. The topological polar surface area (TPSA) is 84.6 Å². The Kier molecular flexibility index (Phi) is 12.9. The number of hydrazone groups is 1. The molecule has 0 spiro atoms. The van der Waals surface area contributed by atoms with Gasteiger partial charge >= 0.3 is 0 Å². The van der Waals surface area contributed by atoms with E-state index in [-0.39, 0.29) is 16.6 Å². The standard InChI is InChI=1S/C21H32ClN3O3/c1-2-3-4-5-6-7-8-9-10-11-12-13-21(26)24-23-17-18-14-15-19(22)20(16-18)25(27)28/h14-17H,2-13H2,1H3,(H,24,26)/b23-17-. The molecule has 1 aromatic rings. The van der Waals surface area contributed by atoms with Gasteiger partial charge in [-0.15, -0.1) is 0 Å². The Balaban J connectivity index is 2.09. The number of carbonyl (C=O) groups excluding carboxylic acids is 1. The van der Waals surface area contributed by atoms with Gasteiger partial charge in [0.2, 0.25) is 5.91 Å². The fraction of sp³-hybridized carbons (Fsp3) is 0.619. The van der Waals surface area contributed by atoms with Gasteiger partial charge in [-0.2, -0.15) is 5.10 Å². The average Bonchev–Trinajstić information content (AvgIpc) is 2.67. The lowest BCUT2D eigenvalue weighted by atomic mass is 10.1. The van der Waals surface area contributed by atoms with Crippen LogP contribution in [0.1, 0.15) is 89.5 Å². The van der Waals surface area contributed by atoms with Gasteiger partial charge in [0.25, 0.3) is 5.69 Å². The summed E-state index contributed by atoms with van der Waals surface area (Å²) in [5.74, 6) is -0.143. The predicted molar refractivity (Wildman–Crippen MR) is 115 cm³/mol. The number of carbonyl (C=O) groups is 1. The van der Waals surface area contributed by atoms with Crippen molar-refractivity contribution >= 4 is 29.4 Å². The SMILES string of the molecule is CCCCCCCCCCCCCC(=O)N/N=C\c1ccc(Cl)c([N+](=O)[O-])c1. The third-order valence-electron chi connectivity index (χ3n) is 4.58. The highest BCUT2D eigenvalue weighted by Crippen LogP contribution is 2.24. The van der Waals surface area contributed by atoms with Gasteiger partial charge in [-0.25, -0.2) is 5.43 Å². The summed E-state index contributed by atoms with van der Waals surface area (Å²) < 4.78 is 0. The molecule has 0 bridgehead atoms. The Morgan fingerprint density at radius 3 is 2.21 bits per heavy atom. The molecule has 1 rings (SSSR count). The summed E-state index contributed by atoms with van der Waals surface area (Å²) in [6.45, 7) is 2.24. The molecule has 0 saturated carbocycles. The Labute approximate surface area is 172 Å². The van der Waals surface area contributed by atoms with Gasteiger partial charge in [-0.3, -0.25) is 14.9 Å². The lowest BCUT2D eigenvalue weighted by Gasteiger charge is -2.03. The molecule has 156 valence electrons. The van der Waals surface area contributed by atoms with Gasteiger partial charge in [0.05, 0.1) is 11.1 Å². The van der Waals surface area contributed by atoms with Gasteiger partial charge in [-0.05, 0) is 12.5 Å². The summed E-state index contributed by atoms with van der Waals surface area (Å²) in [7, 11) is 0. The Morgan fingerprint density at radius 1 is 1.07 bits per heavy atom. The highest BCUT2D eigenvalue weighted by atomic mass is 35.5. The average molecular weight is 410 g/mol.